The van der Waals surface area contributed by atoms with Crippen molar-refractivity contribution in [1.82, 2.24) is 9.88 Å². The Morgan fingerprint density at radius 3 is 2.42 bits per heavy atom. The van der Waals surface area contributed by atoms with Crippen molar-refractivity contribution in [3.8, 4) is 5.75 Å². The number of benzene rings is 2. The van der Waals surface area contributed by atoms with Crippen molar-refractivity contribution < 1.29 is 26.7 Å². The van der Waals surface area contributed by atoms with E-state index in [1.54, 1.807) is 14.1 Å². The summed E-state index contributed by atoms with van der Waals surface area (Å²) in [6, 6.07) is 7.55. The van der Waals surface area contributed by atoms with Gasteiger partial charge < -0.3 is 9.64 Å². The van der Waals surface area contributed by atoms with Crippen molar-refractivity contribution in [2.45, 2.75) is 4.90 Å². The van der Waals surface area contributed by atoms with Crippen LogP contribution in [-0.2, 0) is 14.6 Å². The van der Waals surface area contributed by atoms with E-state index >= 15 is 0 Å². The van der Waals surface area contributed by atoms with Crippen LogP contribution in [0.25, 0.3) is 10.2 Å². The zero-order valence-corrected chi connectivity index (χ0v) is 18.8. The Morgan fingerprint density at radius 1 is 1.13 bits per heavy atom. The molecule has 1 amide bonds. The number of ether oxygens (including phenoxy) is 1. The smallest absolute Gasteiger partial charge is 0.244 e. The summed E-state index contributed by atoms with van der Waals surface area (Å²) >= 11 is 0.925. The third kappa shape index (κ3) is 5.35. The van der Waals surface area contributed by atoms with E-state index in [1.807, 2.05) is 4.90 Å². The first kappa shape index (κ1) is 23.0. The Kier molecular flexibility index (Phi) is 6.87. The maximum atomic E-state index is 14.1. The number of thiazole rings is 1. The van der Waals surface area contributed by atoms with Crippen LogP contribution in [-0.4, -0.2) is 64.3 Å². The lowest BCUT2D eigenvalue weighted by molar-refractivity contribution is -0.116. The van der Waals surface area contributed by atoms with Gasteiger partial charge in [-0.2, -0.15) is 0 Å². The van der Waals surface area contributed by atoms with E-state index in [0.717, 1.165) is 17.4 Å². The summed E-state index contributed by atoms with van der Waals surface area (Å²) in [4.78, 5) is 20.1. The number of carbonyl (C=O) groups is 1. The van der Waals surface area contributed by atoms with E-state index in [1.165, 1.54) is 36.3 Å². The maximum absolute atomic E-state index is 14.1. The molecule has 0 saturated carbocycles. The quantitative estimate of drug-likeness (QED) is 0.505. The summed E-state index contributed by atoms with van der Waals surface area (Å²) < 4.78 is 58.4. The minimum Gasteiger partial charge on any atom is -0.497 e. The van der Waals surface area contributed by atoms with Crippen LogP contribution in [0.3, 0.4) is 0 Å². The molecule has 0 aliphatic heterocycles. The first-order chi connectivity index (χ1) is 14.6. The molecule has 0 spiro atoms. The van der Waals surface area contributed by atoms with Crippen LogP contribution in [0.15, 0.2) is 41.3 Å². The highest BCUT2D eigenvalue weighted by molar-refractivity contribution is 7.92. The third-order valence-electron chi connectivity index (χ3n) is 4.44. The number of fused-ring (bicyclic) bond motifs is 1. The number of amides is 1. The van der Waals surface area contributed by atoms with Crippen molar-refractivity contribution in [2.24, 2.45) is 0 Å². The number of carbonyl (C=O) groups excluding carboxylic acids is 1. The predicted octanol–water partition coefficient (Wildman–Crippen LogP) is 2.95. The Hall–Kier alpha value is -2.63. The van der Waals surface area contributed by atoms with Gasteiger partial charge in [-0.05, 0) is 44.4 Å². The molecular formula is C20H21F2N3O4S2. The fourth-order valence-electron chi connectivity index (χ4n) is 2.79. The van der Waals surface area contributed by atoms with Gasteiger partial charge in [0.2, 0.25) is 5.91 Å². The van der Waals surface area contributed by atoms with E-state index in [-0.39, 0.29) is 26.8 Å². The van der Waals surface area contributed by atoms with Crippen LogP contribution in [0.1, 0.15) is 0 Å². The molecule has 0 saturated heterocycles. The number of hydrogen-bond donors (Lipinski definition) is 0. The molecule has 7 nitrogen and oxygen atoms in total. The Balaban J connectivity index is 1.92. The van der Waals surface area contributed by atoms with Gasteiger partial charge in [-0.1, -0.05) is 11.3 Å². The van der Waals surface area contributed by atoms with Crippen molar-refractivity contribution in [3.05, 3.63) is 48.0 Å². The van der Waals surface area contributed by atoms with Gasteiger partial charge >= 0.3 is 0 Å². The fraction of sp³-hybridized carbons (Fsp3) is 0.300. The largest absolute Gasteiger partial charge is 0.497 e. The number of likely N-dealkylation sites (N-methyl/N-ethyl adjacent to an activating group) is 1. The van der Waals surface area contributed by atoms with Gasteiger partial charge in [0.15, 0.2) is 20.8 Å². The summed E-state index contributed by atoms with van der Waals surface area (Å²) in [5, 5.41) is 0.108. The first-order valence-corrected chi connectivity index (χ1v) is 11.6. The molecule has 3 rings (SSSR count). The number of aromatic nitrogens is 1. The van der Waals surface area contributed by atoms with Crippen LogP contribution in [0.5, 0.6) is 5.75 Å². The number of anilines is 1. The van der Waals surface area contributed by atoms with Crippen LogP contribution in [0.2, 0.25) is 0 Å². The zero-order chi connectivity index (χ0) is 22.8. The molecular weight excluding hydrogens is 448 g/mol. The minimum absolute atomic E-state index is 0.0216. The molecule has 0 unspecified atom stereocenters. The van der Waals surface area contributed by atoms with Crippen LogP contribution in [0, 0.1) is 11.6 Å². The Bertz CT molecular complexity index is 1200. The highest BCUT2D eigenvalue weighted by Crippen LogP contribution is 2.31. The monoisotopic (exact) mass is 469 g/mol. The van der Waals surface area contributed by atoms with Gasteiger partial charge in [-0.25, -0.2) is 22.2 Å². The number of nitrogens with zero attached hydrogens (tertiary/aromatic N) is 3. The maximum Gasteiger partial charge on any atom is 0.244 e. The average Bonchev–Trinajstić information content (AvgIpc) is 3.11. The normalized spacial score (nSPS) is 11.8. The molecule has 1 aromatic heterocycles. The fourth-order valence-corrected chi connectivity index (χ4v) is 5.04. The predicted molar refractivity (Wildman–Crippen MR) is 115 cm³/mol. The molecule has 1 heterocycles. The molecule has 0 radical (unpaired) electrons. The second-order valence-electron chi connectivity index (χ2n) is 7.01. The molecule has 0 fully saturated rings. The molecule has 0 bridgehead atoms. The van der Waals surface area contributed by atoms with Gasteiger partial charge in [-0.3, -0.25) is 9.69 Å². The highest BCUT2D eigenvalue weighted by Gasteiger charge is 2.27. The molecule has 2 aromatic carbocycles. The van der Waals surface area contributed by atoms with Gasteiger partial charge in [0.05, 0.1) is 16.7 Å². The van der Waals surface area contributed by atoms with E-state index in [4.69, 9.17) is 4.74 Å². The van der Waals surface area contributed by atoms with Crippen LogP contribution < -0.4 is 9.64 Å². The second-order valence-corrected chi connectivity index (χ2v) is 10.0. The standard InChI is InChI=1S/C20H21F2N3O4S2/c1-24(2)8-9-25(20-23-19-16(22)10-13(21)11-17(19)30-20)18(26)12-31(27,28)15-6-4-14(29-3)5-7-15/h4-7,10-11H,8-9,12H2,1-3H3. The average molecular weight is 470 g/mol. The molecule has 11 heteroatoms. The van der Waals surface area contributed by atoms with Crippen molar-refractivity contribution in [2.75, 3.05) is 44.9 Å². The summed E-state index contributed by atoms with van der Waals surface area (Å²) in [5.41, 5.74) is -0.0675. The van der Waals surface area contributed by atoms with E-state index < -0.39 is 33.1 Å². The third-order valence-corrected chi connectivity index (χ3v) is 7.08. The molecule has 0 atom stereocenters. The molecule has 166 valence electrons. The lowest BCUT2D eigenvalue weighted by atomic mass is 10.3. The van der Waals surface area contributed by atoms with E-state index in [0.29, 0.717) is 18.4 Å². The first-order valence-electron chi connectivity index (χ1n) is 9.18. The Morgan fingerprint density at radius 2 is 1.81 bits per heavy atom. The molecule has 0 aliphatic rings. The molecule has 0 N–H and O–H groups in total. The summed E-state index contributed by atoms with van der Waals surface area (Å²) in [6.45, 7) is 0.551. The summed E-state index contributed by atoms with van der Waals surface area (Å²) in [7, 11) is 1.11. The van der Waals surface area contributed by atoms with Crippen LogP contribution >= 0.6 is 11.3 Å². The second kappa shape index (κ2) is 9.25. The van der Waals surface area contributed by atoms with Gasteiger partial charge in [0.25, 0.3) is 0 Å². The molecule has 31 heavy (non-hydrogen) atoms. The van der Waals surface area contributed by atoms with Gasteiger partial charge in [-0.15, -0.1) is 0 Å². The zero-order valence-electron chi connectivity index (χ0n) is 17.1. The summed E-state index contributed by atoms with van der Waals surface area (Å²) in [6.07, 6.45) is 0. The summed E-state index contributed by atoms with van der Waals surface area (Å²) in [5.74, 6) is -2.62. The number of sulfone groups is 1. The van der Waals surface area contributed by atoms with Crippen LogP contribution in [0.4, 0.5) is 13.9 Å². The van der Waals surface area contributed by atoms with Crippen molar-refractivity contribution >= 4 is 42.4 Å². The minimum atomic E-state index is -3.94. The topological polar surface area (TPSA) is 79.8 Å². The van der Waals surface area contributed by atoms with Crippen molar-refractivity contribution in [3.63, 3.8) is 0 Å². The molecule has 3 aromatic rings. The number of methoxy groups -OCH3 is 1. The number of rotatable bonds is 8. The number of hydrogen-bond acceptors (Lipinski definition) is 7. The molecule has 0 aliphatic carbocycles. The van der Waals surface area contributed by atoms with Gasteiger partial charge in [0.1, 0.15) is 22.8 Å². The van der Waals surface area contributed by atoms with E-state index in [2.05, 4.69) is 4.98 Å². The van der Waals surface area contributed by atoms with Crippen molar-refractivity contribution in [1.29, 1.82) is 0 Å². The SMILES string of the molecule is COc1ccc(S(=O)(=O)CC(=O)N(CCN(C)C)c2nc3c(F)cc(F)cc3s2)cc1. The number of halogens is 2. The highest BCUT2D eigenvalue weighted by atomic mass is 32.2. The van der Waals surface area contributed by atoms with Gasteiger partial charge in [0, 0.05) is 19.2 Å². The lowest BCUT2D eigenvalue weighted by Gasteiger charge is -2.22. The lowest BCUT2D eigenvalue weighted by Crippen LogP contribution is -2.40. The Labute approximate surface area is 182 Å². The van der Waals surface area contributed by atoms with E-state index in [9.17, 15) is 22.0 Å².